The fourth-order valence-corrected chi connectivity index (χ4v) is 6.33. The molecule has 0 saturated carbocycles. The highest BCUT2D eigenvalue weighted by molar-refractivity contribution is 6.57. The number of allylic oxidation sites excluding steroid dienone is 1. The number of fused-ring (bicyclic) bond motifs is 2. The minimum Gasteiger partial charge on any atom is -0.397 e. The van der Waals surface area contributed by atoms with Gasteiger partial charge in [0.2, 0.25) is 0 Å². The summed E-state index contributed by atoms with van der Waals surface area (Å²) in [7, 11) is 0. The zero-order valence-electron chi connectivity index (χ0n) is 18.8. The summed E-state index contributed by atoms with van der Waals surface area (Å²) in [6, 6.07) is -0.169. The smallest absolute Gasteiger partial charge is 0.397 e. The van der Waals surface area contributed by atoms with Crippen LogP contribution in [0.15, 0.2) is 11.1 Å². The van der Waals surface area contributed by atoms with Crippen LogP contribution in [0, 0.1) is 0 Å². The first-order valence-electron chi connectivity index (χ1n) is 11.5. The van der Waals surface area contributed by atoms with Crippen LogP contribution >= 0.6 is 0 Å². The Morgan fingerprint density at radius 2 is 1.46 bits per heavy atom. The van der Waals surface area contributed by atoms with Gasteiger partial charge < -0.3 is 17.6 Å². The first-order valence-corrected chi connectivity index (χ1v) is 11.5. The second-order valence-electron chi connectivity index (χ2n) is 8.19. The van der Waals surface area contributed by atoms with E-state index >= 15 is 8.63 Å². The largest absolute Gasteiger partial charge is 0.732 e. The predicted octanol–water partition coefficient (Wildman–Crippen LogP) is 6.27. The molecule has 0 amide bonds. The van der Waals surface area contributed by atoms with E-state index in [1.807, 2.05) is 13.8 Å². The van der Waals surface area contributed by atoms with Gasteiger partial charge in [0.05, 0.1) is 5.92 Å². The van der Waals surface area contributed by atoms with Crippen LogP contribution in [-0.2, 0) is 19.3 Å². The maximum absolute atomic E-state index is 16.3. The molecule has 0 aliphatic carbocycles. The lowest BCUT2D eigenvalue weighted by molar-refractivity contribution is -0.466. The van der Waals surface area contributed by atoms with Crippen LogP contribution in [0.3, 0.4) is 0 Å². The molecular weight excluding hydrogens is 353 g/mol. The van der Waals surface area contributed by atoms with Gasteiger partial charge in [-0.1, -0.05) is 48.5 Å². The molecule has 2 aliphatic heterocycles. The van der Waals surface area contributed by atoms with Gasteiger partial charge in [0.25, 0.3) is 0 Å². The van der Waals surface area contributed by atoms with Crippen LogP contribution in [0.25, 0.3) is 0 Å². The molecule has 3 heterocycles. The summed E-state index contributed by atoms with van der Waals surface area (Å²) in [5.41, 5.74) is 7.55. The van der Waals surface area contributed by atoms with Gasteiger partial charge in [0.1, 0.15) is 11.8 Å². The number of rotatable bonds is 7. The molecule has 2 aliphatic rings. The van der Waals surface area contributed by atoms with E-state index in [9.17, 15) is 0 Å². The topological polar surface area (TPSA) is 7.94 Å². The van der Waals surface area contributed by atoms with E-state index in [1.165, 1.54) is 26.8 Å². The zero-order valence-corrected chi connectivity index (χ0v) is 18.8. The third kappa shape index (κ3) is 2.60. The monoisotopic (exact) mass is 390 g/mol. The molecule has 2 unspecified atom stereocenters. The minimum atomic E-state index is -3.83. The number of aromatic nitrogens is 1. The number of halogens is 2. The van der Waals surface area contributed by atoms with E-state index < -0.39 is 6.97 Å². The second kappa shape index (κ2) is 7.80. The first kappa shape index (κ1) is 21.3. The summed E-state index contributed by atoms with van der Waals surface area (Å²) >= 11 is 0. The average Bonchev–Trinajstić information content (AvgIpc) is 3.20. The summed E-state index contributed by atoms with van der Waals surface area (Å²) in [6.45, 7) is 10.9. The number of hydrogen-bond acceptors (Lipinski definition) is 0. The molecule has 0 aromatic carbocycles. The first-order chi connectivity index (χ1) is 13.4. The van der Waals surface area contributed by atoms with Crippen molar-refractivity contribution in [3.63, 3.8) is 0 Å². The van der Waals surface area contributed by atoms with E-state index in [0.29, 0.717) is 12.8 Å². The molecule has 3 rings (SSSR count). The molecule has 0 fully saturated rings. The van der Waals surface area contributed by atoms with Crippen molar-refractivity contribution in [1.82, 2.24) is 4.48 Å². The van der Waals surface area contributed by atoms with Crippen LogP contribution in [0.2, 0.25) is 0 Å². The maximum atomic E-state index is 16.3. The van der Waals surface area contributed by atoms with Crippen LogP contribution in [0.4, 0.5) is 8.63 Å². The summed E-state index contributed by atoms with van der Waals surface area (Å²) in [4.78, 5) is 0. The molecule has 0 radical (unpaired) electrons. The highest BCUT2D eigenvalue weighted by Crippen LogP contribution is 2.48. The van der Waals surface area contributed by atoms with E-state index in [4.69, 9.17) is 0 Å². The van der Waals surface area contributed by atoms with Crippen molar-refractivity contribution in [2.24, 2.45) is 0 Å². The highest BCUT2D eigenvalue weighted by Gasteiger charge is 2.60. The fraction of sp³-hybridized carbons (Fsp3) is 0.696. The molecule has 2 atom stereocenters. The van der Waals surface area contributed by atoms with Crippen molar-refractivity contribution >= 4 is 12.7 Å². The van der Waals surface area contributed by atoms with Crippen molar-refractivity contribution in [3.05, 3.63) is 33.7 Å². The van der Waals surface area contributed by atoms with Crippen molar-refractivity contribution in [2.45, 2.75) is 105 Å². The van der Waals surface area contributed by atoms with Gasteiger partial charge in [-0.3, -0.25) is 0 Å². The fourth-order valence-electron chi connectivity index (χ4n) is 6.33. The molecule has 28 heavy (non-hydrogen) atoms. The third-order valence-electron chi connectivity index (χ3n) is 7.21. The van der Waals surface area contributed by atoms with Crippen molar-refractivity contribution < 1.29 is 13.1 Å². The standard InChI is InChI=1S/C23H37BF2N2/c1-8-15-17(10-3)22-19(12-5)23-18(11-4)16(9-2)21(14-7)28(23)24(25,26)27(22)20(15)13-6/h19,22H,8-14H2,1-7H3. The van der Waals surface area contributed by atoms with Gasteiger partial charge in [-0.25, -0.2) is 0 Å². The Morgan fingerprint density at radius 3 is 1.89 bits per heavy atom. The molecule has 1 aromatic rings. The Kier molecular flexibility index (Phi) is 5.94. The Balaban J connectivity index is 2.44. The van der Waals surface area contributed by atoms with Crippen LogP contribution in [0.5, 0.6) is 0 Å². The normalized spacial score (nSPS) is 23.5. The van der Waals surface area contributed by atoms with Crippen molar-refractivity contribution in [3.8, 4) is 0 Å². The average molecular weight is 390 g/mol. The van der Waals surface area contributed by atoms with Crippen molar-refractivity contribution in [1.29, 1.82) is 0 Å². The van der Waals surface area contributed by atoms with Crippen LogP contribution < -0.4 is 0 Å². The summed E-state index contributed by atoms with van der Waals surface area (Å²) in [5, 5.41) is 0. The Hall–Kier alpha value is -1.39. The van der Waals surface area contributed by atoms with Crippen LogP contribution in [0.1, 0.15) is 103 Å². The lowest BCUT2D eigenvalue weighted by Gasteiger charge is -2.41. The molecule has 0 bridgehead atoms. The molecule has 5 heteroatoms. The Morgan fingerprint density at radius 1 is 0.821 bits per heavy atom. The lowest BCUT2D eigenvalue weighted by atomic mass is 9.76. The van der Waals surface area contributed by atoms with Crippen molar-refractivity contribution in [2.75, 3.05) is 0 Å². The zero-order chi connectivity index (χ0) is 20.8. The third-order valence-corrected chi connectivity index (χ3v) is 7.21. The number of nitrogens with zero attached hydrogens (tertiary/aromatic N) is 2. The van der Waals surface area contributed by atoms with E-state index in [0.717, 1.165) is 49.2 Å². The van der Waals surface area contributed by atoms with Gasteiger partial charge in [-0.2, -0.15) is 0 Å². The molecule has 0 N–H and O–H groups in total. The molecule has 0 spiro atoms. The maximum Gasteiger partial charge on any atom is 0.732 e. The quantitative estimate of drug-likeness (QED) is 0.485. The Labute approximate surface area is 169 Å². The summed E-state index contributed by atoms with van der Waals surface area (Å²) in [5.74, 6) is 0.141. The van der Waals surface area contributed by atoms with Gasteiger partial charge in [0, 0.05) is 23.3 Å². The minimum absolute atomic E-state index is 0.141. The molecule has 1 aromatic heterocycles. The van der Waals surface area contributed by atoms with Gasteiger partial charge in [-0.15, -0.1) is 0 Å². The predicted molar refractivity (Wildman–Crippen MR) is 116 cm³/mol. The SMILES string of the molecule is CCC1=C(CC)C2C(CC)c3c(CC)c(CC)c(CC)n3[B-](F)(F)[N+]2=C1CC. The Bertz CT molecular complexity index is 832. The van der Waals surface area contributed by atoms with E-state index in [-0.39, 0.29) is 12.0 Å². The van der Waals surface area contributed by atoms with E-state index in [1.54, 1.807) is 4.49 Å². The molecule has 2 nitrogen and oxygen atoms in total. The van der Waals surface area contributed by atoms with E-state index in [2.05, 4.69) is 34.6 Å². The van der Waals surface area contributed by atoms with Gasteiger partial charge in [0.15, 0.2) is 0 Å². The summed E-state index contributed by atoms with van der Waals surface area (Å²) < 4.78 is 35.8. The molecule has 0 saturated heterocycles. The molecule has 156 valence electrons. The van der Waals surface area contributed by atoms with Gasteiger partial charge >= 0.3 is 6.97 Å². The highest BCUT2D eigenvalue weighted by atomic mass is 19.2. The second-order valence-corrected chi connectivity index (χ2v) is 8.19. The van der Waals surface area contributed by atoms with Gasteiger partial charge in [-0.05, 0) is 55.3 Å². The lowest BCUT2D eigenvalue weighted by Crippen LogP contribution is -2.59. The summed E-state index contributed by atoms with van der Waals surface area (Å²) in [6.07, 6.45) is 5.62. The number of hydrogen-bond donors (Lipinski definition) is 0. The molecular formula is C23H37BF2N2. The van der Waals surface area contributed by atoms with Crippen LogP contribution in [-0.4, -0.2) is 27.7 Å².